The lowest BCUT2D eigenvalue weighted by molar-refractivity contribution is 0.296. The zero-order valence-electron chi connectivity index (χ0n) is 6.82. The van der Waals surface area contributed by atoms with E-state index >= 15 is 0 Å². The van der Waals surface area contributed by atoms with E-state index in [0.29, 0.717) is 6.54 Å². The average Bonchev–Trinajstić information content (AvgIpc) is 2.05. The third kappa shape index (κ3) is 2.20. The molecule has 4 nitrogen and oxygen atoms in total. The van der Waals surface area contributed by atoms with E-state index in [1.807, 2.05) is 13.1 Å². The third-order valence-electron chi connectivity index (χ3n) is 1.51. The lowest BCUT2D eigenvalue weighted by Gasteiger charge is -2.21. The summed E-state index contributed by atoms with van der Waals surface area (Å²) in [4.78, 5) is 0. The van der Waals surface area contributed by atoms with Gasteiger partial charge in [0, 0.05) is 6.54 Å². The van der Waals surface area contributed by atoms with Crippen LogP contribution in [0.1, 0.15) is 5.56 Å². The summed E-state index contributed by atoms with van der Waals surface area (Å²) in [6.45, 7) is 0.682. The van der Waals surface area contributed by atoms with Gasteiger partial charge in [0.1, 0.15) is 0 Å². The fourth-order valence-electron chi connectivity index (χ4n) is 0.990. The summed E-state index contributed by atoms with van der Waals surface area (Å²) in [5.41, 5.74) is 1.22. The first-order valence-corrected chi connectivity index (χ1v) is 3.63. The normalized spacial score (nSPS) is 9.92. The van der Waals surface area contributed by atoms with E-state index in [-0.39, 0.29) is 10.9 Å². The Hall–Kier alpha value is -1.10. The highest BCUT2D eigenvalue weighted by molar-refractivity contribution is 5.46. The van der Waals surface area contributed by atoms with E-state index in [2.05, 4.69) is 5.32 Å². The number of nitrogens with one attached hydrogen (secondary N) is 1. The summed E-state index contributed by atoms with van der Waals surface area (Å²) < 4.78 is 0. The van der Waals surface area contributed by atoms with Crippen LogP contribution in [0.5, 0.6) is 0 Å². The maximum absolute atomic E-state index is 10.5. The topological polar surface area (TPSA) is 58.6 Å². The molecule has 0 atom stereocenters. The van der Waals surface area contributed by atoms with Gasteiger partial charge in [-0.25, -0.2) is 0 Å². The van der Waals surface area contributed by atoms with Gasteiger partial charge in [-0.1, -0.05) is 12.1 Å². The predicted molar refractivity (Wildman–Crippen MR) is 46.8 cm³/mol. The average molecular weight is 167 g/mol. The van der Waals surface area contributed by atoms with E-state index < -0.39 is 0 Å². The van der Waals surface area contributed by atoms with Crippen LogP contribution in [0.15, 0.2) is 24.3 Å². The van der Waals surface area contributed by atoms with Gasteiger partial charge >= 0.3 is 0 Å². The van der Waals surface area contributed by atoms with Crippen LogP contribution in [0.3, 0.4) is 0 Å². The van der Waals surface area contributed by atoms with Crippen molar-refractivity contribution < 1.29 is 5.21 Å². The molecule has 0 aliphatic heterocycles. The highest BCUT2D eigenvalue weighted by atomic mass is 16.8. The van der Waals surface area contributed by atoms with E-state index in [1.54, 1.807) is 18.2 Å². The second-order valence-electron chi connectivity index (χ2n) is 2.47. The van der Waals surface area contributed by atoms with E-state index in [1.165, 1.54) is 0 Å². The van der Waals surface area contributed by atoms with Gasteiger partial charge in [0.2, 0.25) is 0 Å². The maximum Gasteiger partial charge on any atom is 0.0511 e. The molecule has 0 radical (unpaired) electrons. The zero-order valence-corrected chi connectivity index (χ0v) is 6.82. The van der Waals surface area contributed by atoms with Crippen molar-refractivity contribution in [3.63, 3.8) is 0 Å². The molecular formula is C8H11N2O2-. The number of nitrogens with zero attached hydrogens (tertiary/aromatic N) is 1. The minimum Gasteiger partial charge on any atom is -0.733 e. The third-order valence-corrected chi connectivity index (χ3v) is 1.51. The molecule has 12 heavy (non-hydrogen) atoms. The Balaban J connectivity index is 2.81. The van der Waals surface area contributed by atoms with Gasteiger partial charge in [0.05, 0.1) is 5.69 Å². The van der Waals surface area contributed by atoms with Crippen LogP contribution in [-0.4, -0.2) is 12.3 Å². The fourth-order valence-corrected chi connectivity index (χ4v) is 0.990. The molecule has 1 rings (SSSR count). The van der Waals surface area contributed by atoms with Gasteiger partial charge in [-0.3, -0.25) is 5.21 Å². The Morgan fingerprint density at radius 2 is 2.33 bits per heavy atom. The molecule has 0 unspecified atom stereocenters. The van der Waals surface area contributed by atoms with Crippen molar-refractivity contribution in [1.29, 1.82) is 0 Å². The van der Waals surface area contributed by atoms with Crippen molar-refractivity contribution >= 4 is 5.69 Å². The van der Waals surface area contributed by atoms with Crippen molar-refractivity contribution in [2.75, 3.05) is 12.3 Å². The van der Waals surface area contributed by atoms with Crippen molar-refractivity contribution in [2.45, 2.75) is 6.54 Å². The Labute approximate surface area is 71.0 Å². The smallest absolute Gasteiger partial charge is 0.0511 e. The van der Waals surface area contributed by atoms with Crippen LogP contribution >= 0.6 is 0 Å². The SMILES string of the molecule is CNCc1cccc(N([O-])O)c1. The molecule has 0 aromatic heterocycles. The first-order chi connectivity index (χ1) is 5.74. The van der Waals surface area contributed by atoms with Crippen LogP contribution in [0.2, 0.25) is 0 Å². The molecule has 0 heterocycles. The van der Waals surface area contributed by atoms with Crippen molar-refractivity contribution in [1.82, 2.24) is 5.32 Å². The molecule has 0 fully saturated rings. The Bertz CT molecular complexity index is 251. The van der Waals surface area contributed by atoms with Gasteiger partial charge in [-0.05, 0) is 24.7 Å². The van der Waals surface area contributed by atoms with Gasteiger partial charge in [-0.15, -0.1) is 0 Å². The van der Waals surface area contributed by atoms with Gasteiger partial charge in [-0.2, -0.15) is 0 Å². The second-order valence-corrected chi connectivity index (χ2v) is 2.47. The summed E-state index contributed by atoms with van der Waals surface area (Å²) in [6.07, 6.45) is 0. The molecule has 0 saturated carbocycles. The summed E-state index contributed by atoms with van der Waals surface area (Å²) in [5, 5.41) is 21.8. The van der Waals surface area contributed by atoms with Crippen LogP contribution in [-0.2, 0) is 6.54 Å². The molecular weight excluding hydrogens is 156 g/mol. The summed E-state index contributed by atoms with van der Waals surface area (Å²) in [6, 6.07) is 6.78. The number of hydrogen-bond acceptors (Lipinski definition) is 4. The van der Waals surface area contributed by atoms with E-state index in [4.69, 9.17) is 5.21 Å². The maximum atomic E-state index is 10.5. The Morgan fingerprint density at radius 3 is 2.92 bits per heavy atom. The standard InChI is InChI=1S/C8H11N2O2/c1-9-6-7-3-2-4-8(5-7)10(11)12/h2-5,9,11H,6H2,1H3/q-1. The quantitative estimate of drug-likeness (QED) is 0.662. The van der Waals surface area contributed by atoms with Crippen molar-refractivity contribution in [3.05, 3.63) is 35.0 Å². The lowest BCUT2D eigenvalue weighted by Crippen LogP contribution is -2.09. The molecule has 0 aliphatic carbocycles. The molecule has 0 saturated heterocycles. The molecule has 2 N–H and O–H groups in total. The Kier molecular flexibility index (Phi) is 3.04. The molecule has 66 valence electrons. The van der Waals surface area contributed by atoms with Crippen molar-refractivity contribution in [3.8, 4) is 0 Å². The van der Waals surface area contributed by atoms with Crippen molar-refractivity contribution in [2.24, 2.45) is 0 Å². The molecule has 1 aromatic carbocycles. The fraction of sp³-hybridized carbons (Fsp3) is 0.250. The zero-order chi connectivity index (χ0) is 8.97. The first kappa shape index (κ1) is 8.99. The van der Waals surface area contributed by atoms with Gasteiger partial charge in [0.25, 0.3) is 0 Å². The molecule has 4 heteroatoms. The Morgan fingerprint density at radius 1 is 1.58 bits per heavy atom. The number of rotatable bonds is 3. The minimum atomic E-state index is -0.140. The van der Waals surface area contributed by atoms with E-state index in [9.17, 15) is 5.21 Å². The molecule has 0 aliphatic rings. The van der Waals surface area contributed by atoms with Gasteiger partial charge in [0.15, 0.2) is 0 Å². The first-order valence-electron chi connectivity index (χ1n) is 3.63. The number of anilines is 1. The minimum absolute atomic E-state index is 0.140. The highest BCUT2D eigenvalue weighted by Gasteiger charge is 1.93. The lowest BCUT2D eigenvalue weighted by atomic mass is 10.2. The molecule has 0 amide bonds. The highest BCUT2D eigenvalue weighted by Crippen LogP contribution is 2.13. The monoisotopic (exact) mass is 167 g/mol. The molecule has 1 aromatic rings. The largest absolute Gasteiger partial charge is 0.733 e. The molecule has 0 spiro atoms. The van der Waals surface area contributed by atoms with Crippen LogP contribution in [0.25, 0.3) is 0 Å². The summed E-state index contributed by atoms with van der Waals surface area (Å²) in [7, 11) is 1.82. The summed E-state index contributed by atoms with van der Waals surface area (Å²) >= 11 is 0. The number of hydrogen-bond donors (Lipinski definition) is 2. The molecule has 0 bridgehead atoms. The van der Waals surface area contributed by atoms with Crippen LogP contribution in [0, 0.1) is 5.21 Å². The summed E-state index contributed by atoms with van der Waals surface area (Å²) in [5.74, 6) is 0. The van der Waals surface area contributed by atoms with E-state index in [0.717, 1.165) is 5.56 Å². The second kappa shape index (κ2) is 4.06. The predicted octanol–water partition coefficient (Wildman–Crippen LogP) is 1.10. The van der Waals surface area contributed by atoms with Crippen LogP contribution < -0.4 is 10.5 Å². The van der Waals surface area contributed by atoms with Crippen LogP contribution in [0.4, 0.5) is 5.69 Å². The van der Waals surface area contributed by atoms with Gasteiger partial charge < -0.3 is 15.8 Å². The number of benzene rings is 1.